The highest BCUT2D eigenvalue weighted by Gasteiger charge is 2.02. The molecule has 0 saturated carbocycles. The minimum atomic E-state index is -0.255. The van der Waals surface area contributed by atoms with E-state index in [0.29, 0.717) is 19.4 Å². The SMILES string of the molecule is O=C(CCc1cccc(F)c1)NCCCn1cccc1. The smallest absolute Gasteiger partial charge is 0.220 e. The second kappa shape index (κ2) is 7.48. The second-order valence-electron chi connectivity index (χ2n) is 4.75. The summed E-state index contributed by atoms with van der Waals surface area (Å²) in [5.41, 5.74) is 0.854. The molecule has 0 bridgehead atoms. The van der Waals surface area contributed by atoms with Crippen LogP contribution >= 0.6 is 0 Å². The molecule has 1 amide bonds. The van der Waals surface area contributed by atoms with Crippen LogP contribution < -0.4 is 5.32 Å². The predicted molar refractivity (Wildman–Crippen MR) is 76.8 cm³/mol. The standard InChI is InChI=1S/C16H19FN2O/c17-15-6-3-5-14(13-15)7-8-16(20)18-9-4-12-19-10-1-2-11-19/h1-3,5-6,10-11,13H,4,7-9,12H2,(H,18,20). The number of carbonyl (C=O) groups excluding carboxylic acids is 1. The maximum Gasteiger partial charge on any atom is 0.220 e. The molecular formula is C16H19FN2O. The summed E-state index contributed by atoms with van der Waals surface area (Å²) in [6.45, 7) is 1.57. The molecule has 0 aliphatic carbocycles. The highest BCUT2D eigenvalue weighted by Crippen LogP contribution is 2.06. The van der Waals surface area contributed by atoms with Crippen LogP contribution in [0.5, 0.6) is 0 Å². The number of nitrogens with one attached hydrogen (secondary N) is 1. The van der Waals surface area contributed by atoms with Crippen molar-refractivity contribution in [1.29, 1.82) is 0 Å². The summed E-state index contributed by atoms with van der Waals surface area (Å²) >= 11 is 0. The first-order valence-electron chi connectivity index (χ1n) is 6.86. The summed E-state index contributed by atoms with van der Waals surface area (Å²) in [6.07, 6.45) is 5.88. The van der Waals surface area contributed by atoms with E-state index >= 15 is 0 Å². The fraction of sp³-hybridized carbons (Fsp3) is 0.312. The lowest BCUT2D eigenvalue weighted by Gasteiger charge is -2.06. The number of rotatable bonds is 7. The Balaban J connectivity index is 1.61. The van der Waals surface area contributed by atoms with Crippen molar-refractivity contribution in [3.8, 4) is 0 Å². The van der Waals surface area contributed by atoms with Crippen molar-refractivity contribution in [3.05, 3.63) is 60.2 Å². The van der Waals surface area contributed by atoms with Gasteiger partial charge in [0.15, 0.2) is 0 Å². The van der Waals surface area contributed by atoms with Gasteiger partial charge >= 0.3 is 0 Å². The molecule has 0 spiro atoms. The van der Waals surface area contributed by atoms with Gasteiger partial charge in [0.25, 0.3) is 0 Å². The Kier molecular flexibility index (Phi) is 5.35. The van der Waals surface area contributed by atoms with Crippen molar-refractivity contribution in [1.82, 2.24) is 9.88 Å². The number of nitrogens with zero attached hydrogens (tertiary/aromatic N) is 1. The van der Waals surface area contributed by atoms with E-state index in [1.807, 2.05) is 30.6 Å². The molecule has 0 unspecified atom stereocenters. The van der Waals surface area contributed by atoms with Crippen molar-refractivity contribution in [2.75, 3.05) is 6.54 Å². The largest absolute Gasteiger partial charge is 0.356 e. The molecule has 0 fully saturated rings. The minimum absolute atomic E-state index is 0.0155. The van der Waals surface area contributed by atoms with Gasteiger partial charge in [0.2, 0.25) is 5.91 Å². The van der Waals surface area contributed by atoms with Crippen LogP contribution in [0.3, 0.4) is 0 Å². The van der Waals surface area contributed by atoms with Crippen LogP contribution in [0.1, 0.15) is 18.4 Å². The minimum Gasteiger partial charge on any atom is -0.356 e. The molecule has 0 radical (unpaired) electrons. The molecule has 1 N–H and O–H groups in total. The van der Waals surface area contributed by atoms with Gasteiger partial charge in [-0.25, -0.2) is 4.39 Å². The highest BCUT2D eigenvalue weighted by atomic mass is 19.1. The Bertz CT molecular complexity index is 537. The number of benzene rings is 1. The average molecular weight is 274 g/mol. The summed E-state index contributed by atoms with van der Waals surface area (Å²) in [4.78, 5) is 11.7. The predicted octanol–water partition coefficient (Wildman–Crippen LogP) is 2.77. The highest BCUT2D eigenvalue weighted by molar-refractivity contribution is 5.76. The molecule has 0 atom stereocenters. The fourth-order valence-electron chi connectivity index (χ4n) is 2.05. The number of aromatic nitrogens is 1. The number of carbonyl (C=O) groups is 1. The van der Waals surface area contributed by atoms with Gasteiger partial charge in [-0.05, 0) is 42.7 Å². The first-order chi connectivity index (χ1) is 9.74. The molecule has 0 aliphatic heterocycles. The maximum absolute atomic E-state index is 13.0. The lowest BCUT2D eigenvalue weighted by molar-refractivity contribution is -0.121. The van der Waals surface area contributed by atoms with Crippen LogP contribution in [0.4, 0.5) is 4.39 Å². The van der Waals surface area contributed by atoms with E-state index in [9.17, 15) is 9.18 Å². The third kappa shape index (κ3) is 4.88. The van der Waals surface area contributed by atoms with Crippen LogP contribution in [0.2, 0.25) is 0 Å². The summed E-state index contributed by atoms with van der Waals surface area (Å²) in [7, 11) is 0. The van der Waals surface area contributed by atoms with Gasteiger partial charge in [-0.3, -0.25) is 4.79 Å². The Hall–Kier alpha value is -2.10. The van der Waals surface area contributed by atoms with Crippen LogP contribution in [0.15, 0.2) is 48.8 Å². The zero-order valence-corrected chi connectivity index (χ0v) is 11.4. The average Bonchev–Trinajstić information content (AvgIpc) is 2.95. The quantitative estimate of drug-likeness (QED) is 0.774. The molecule has 3 nitrogen and oxygen atoms in total. The Morgan fingerprint density at radius 3 is 2.75 bits per heavy atom. The maximum atomic E-state index is 13.0. The van der Waals surface area contributed by atoms with Gasteiger partial charge in [-0.15, -0.1) is 0 Å². The van der Waals surface area contributed by atoms with E-state index in [1.165, 1.54) is 12.1 Å². The van der Waals surface area contributed by atoms with E-state index in [4.69, 9.17) is 0 Å². The second-order valence-corrected chi connectivity index (χ2v) is 4.75. The Morgan fingerprint density at radius 2 is 2.00 bits per heavy atom. The fourth-order valence-corrected chi connectivity index (χ4v) is 2.05. The van der Waals surface area contributed by atoms with E-state index in [0.717, 1.165) is 18.5 Å². The first-order valence-corrected chi connectivity index (χ1v) is 6.86. The van der Waals surface area contributed by atoms with E-state index in [1.54, 1.807) is 6.07 Å². The van der Waals surface area contributed by atoms with E-state index in [-0.39, 0.29) is 11.7 Å². The lowest BCUT2D eigenvalue weighted by Crippen LogP contribution is -2.25. The Labute approximate surface area is 118 Å². The van der Waals surface area contributed by atoms with Crippen LogP contribution in [-0.4, -0.2) is 17.0 Å². The summed E-state index contributed by atoms with van der Waals surface area (Å²) in [5.74, 6) is -0.239. The zero-order valence-electron chi connectivity index (χ0n) is 11.4. The molecule has 1 aromatic carbocycles. The molecule has 2 rings (SSSR count). The van der Waals surface area contributed by atoms with Gasteiger partial charge in [0, 0.05) is 31.9 Å². The van der Waals surface area contributed by atoms with Crippen molar-refractivity contribution in [2.24, 2.45) is 0 Å². The topological polar surface area (TPSA) is 34.0 Å². The summed E-state index contributed by atoms with van der Waals surface area (Å²) < 4.78 is 15.1. The molecular weight excluding hydrogens is 255 g/mol. The summed E-state index contributed by atoms with van der Waals surface area (Å²) in [5, 5.41) is 2.88. The number of halogens is 1. The number of hydrogen-bond acceptors (Lipinski definition) is 1. The van der Waals surface area contributed by atoms with Crippen molar-refractivity contribution in [2.45, 2.75) is 25.8 Å². The molecule has 20 heavy (non-hydrogen) atoms. The molecule has 2 aromatic rings. The molecule has 0 aliphatic rings. The number of amides is 1. The summed E-state index contributed by atoms with van der Waals surface area (Å²) in [6, 6.07) is 10.3. The molecule has 106 valence electrons. The number of aryl methyl sites for hydroxylation is 2. The van der Waals surface area contributed by atoms with Gasteiger partial charge in [0.1, 0.15) is 5.82 Å². The lowest BCUT2D eigenvalue weighted by atomic mass is 10.1. The van der Waals surface area contributed by atoms with Crippen molar-refractivity contribution in [3.63, 3.8) is 0 Å². The van der Waals surface area contributed by atoms with Gasteiger partial charge in [-0.1, -0.05) is 12.1 Å². The first kappa shape index (κ1) is 14.3. The normalized spacial score (nSPS) is 10.4. The molecule has 0 saturated heterocycles. The third-order valence-electron chi connectivity index (χ3n) is 3.11. The zero-order chi connectivity index (χ0) is 14.2. The monoisotopic (exact) mass is 274 g/mol. The van der Waals surface area contributed by atoms with Crippen molar-refractivity contribution >= 4 is 5.91 Å². The van der Waals surface area contributed by atoms with Crippen LogP contribution in [0, 0.1) is 5.82 Å². The Morgan fingerprint density at radius 1 is 1.20 bits per heavy atom. The van der Waals surface area contributed by atoms with Gasteiger partial charge < -0.3 is 9.88 Å². The van der Waals surface area contributed by atoms with Gasteiger partial charge in [-0.2, -0.15) is 0 Å². The van der Waals surface area contributed by atoms with Gasteiger partial charge in [0.05, 0.1) is 0 Å². The molecule has 1 heterocycles. The van der Waals surface area contributed by atoms with Crippen molar-refractivity contribution < 1.29 is 9.18 Å². The van der Waals surface area contributed by atoms with E-state index < -0.39 is 0 Å². The molecule has 1 aromatic heterocycles. The van der Waals surface area contributed by atoms with Crippen LogP contribution in [-0.2, 0) is 17.8 Å². The molecule has 4 heteroatoms. The number of hydrogen-bond donors (Lipinski definition) is 1. The third-order valence-corrected chi connectivity index (χ3v) is 3.11. The van der Waals surface area contributed by atoms with E-state index in [2.05, 4.69) is 9.88 Å². The van der Waals surface area contributed by atoms with Crippen LogP contribution in [0.25, 0.3) is 0 Å².